The van der Waals surface area contributed by atoms with E-state index >= 15 is 0 Å². The lowest BCUT2D eigenvalue weighted by Crippen LogP contribution is -2.36. The van der Waals surface area contributed by atoms with Gasteiger partial charge < -0.3 is 9.64 Å². The van der Waals surface area contributed by atoms with Gasteiger partial charge in [-0.05, 0) is 82.4 Å². The molecule has 5 nitrogen and oxygen atoms in total. The number of hydrogen-bond acceptors (Lipinski definition) is 5. The Labute approximate surface area is 193 Å². The van der Waals surface area contributed by atoms with Crippen LogP contribution in [0.15, 0.2) is 36.4 Å². The van der Waals surface area contributed by atoms with Crippen molar-refractivity contribution in [2.45, 2.75) is 20.3 Å². The summed E-state index contributed by atoms with van der Waals surface area (Å²) in [7, 11) is 4.05. The van der Waals surface area contributed by atoms with Crippen LogP contribution in [-0.4, -0.2) is 49.6 Å². The number of benzene rings is 2. The Bertz CT molecular complexity index is 990. The van der Waals surface area contributed by atoms with Gasteiger partial charge in [-0.2, -0.15) is 0 Å². The third-order valence-corrected chi connectivity index (χ3v) is 6.06. The van der Waals surface area contributed by atoms with Gasteiger partial charge in [0.25, 0.3) is 5.91 Å². The lowest BCUT2D eigenvalue weighted by molar-refractivity contribution is -0.120. The summed E-state index contributed by atoms with van der Waals surface area (Å²) < 4.78 is 6.78. The van der Waals surface area contributed by atoms with Gasteiger partial charge in [-0.3, -0.25) is 9.69 Å². The Morgan fingerprint density at radius 3 is 2.47 bits per heavy atom. The van der Waals surface area contributed by atoms with E-state index in [1.165, 1.54) is 5.56 Å². The van der Waals surface area contributed by atoms with Gasteiger partial charge in [-0.25, -0.2) is 4.98 Å². The zero-order chi connectivity index (χ0) is 21.0. The van der Waals surface area contributed by atoms with E-state index in [1.54, 1.807) is 40.5 Å². The fourth-order valence-electron chi connectivity index (χ4n) is 2.96. The van der Waals surface area contributed by atoms with Crippen LogP contribution in [0.3, 0.4) is 0 Å². The SMILES string of the molecule is Cc1ccc2sc(N(CCCN(C)C)C(=O)COc3ccc(Cl)cc3)nc2c1C.Cl. The zero-order valence-corrected chi connectivity index (χ0v) is 20.0. The first-order chi connectivity index (χ1) is 13.8. The van der Waals surface area contributed by atoms with E-state index in [2.05, 4.69) is 30.9 Å². The van der Waals surface area contributed by atoms with Crippen molar-refractivity contribution in [3.05, 3.63) is 52.5 Å². The first-order valence-electron chi connectivity index (χ1n) is 9.55. The summed E-state index contributed by atoms with van der Waals surface area (Å²) in [5.41, 5.74) is 3.32. The van der Waals surface area contributed by atoms with E-state index in [0.29, 0.717) is 17.3 Å². The molecule has 3 aromatic rings. The van der Waals surface area contributed by atoms with Crippen molar-refractivity contribution in [2.75, 3.05) is 38.7 Å². The second-order valence-corrected chi connectivity index (χ2v) is 8.74. The number of anilines is 1. The molecule has 0 aliphatic rings. The van der Waals surface area contributed by atoms with Gasteiger partial charge in [0, 0.05) is 11.6 Å². The minimum Gasteiger partial charge on any atom is -0.484 e. The highest BCUT2D eigenvalue weighted by molar-refractivity contribution is 7.22. The molecule has 0 atom stereocenters. The molecule has 3 rings (SSSR count). The van der Waals surface area contributed by atoms with Crippen LogP contribution in [0.1, 0.15) is 17.5 Å². The summed E-state index contributed by atoms with van der Waals surface area (Å²) in [4.78, 5) is 21.7. The molecule has 0 saturated heterocycles. The Balaban J connectivity index is 0.00000320. The van der Waals surface area contributed by atoms with Gasteiger partial charge in [-0.1, -0.05) is 29.0 Å². The highest BCUT2D eigenvalue weighted by Crippen LogP contribution is 2.32. The molecule has 0 saturated carbocycles. The molecular weight excluding hydrogens is 441 g/mol. The Kier molecular flexibility index (Phi) is 8.92. The highest BCUT2D eigenvalue weighted by Gasteiger charge is 2.21. The van der Waals surface area contributed by atoms with E-state index < -0.39 is 0 Å². The first kappa shape index (κ1) is 24.4. The van der Waals surface area contributed by atoms with Crippen molar-refractivity contribution < 1.29 is 9.53 Å². The third kappa shape index (κ3) is 6.08. The maximum Gasteiger partial charge on any atom is 0.266 e. The van der Waals surface area contributed by atoms with Crippen LogP contribution in [-0.2, 0) is 4.79 Å². The Morgan fingerprint density at radius 2 is 1.80 bits per heavy atom. The average Bonchev–Trinajstić information content (AvgIpc) is 3.12. The van der Waals surface area contributed by atoms with Crippen molar-refractivity contribution in [1.29, 1.82) is 0 Å². The number of nitrogens with zero attached hydrogens (tertiary/aromatic N) is 3. The largest absolute Gasteiger partial charge is 0.484 e. The predicted molar refractivity (Wildman–Crippen MR) is 129 cm³/mol. The molecular formula is C22H27Cl2N3O2S. The number of amides is 1. The molecule has 0 fully saturated rings. The van der Waals surface area contributed by atoms with Crippen molar-refractivity contribution >= 4 is 56.6 Å². The van der Waals surface area contributed by atoms with Crippen molar-refractivity contribution in [2.24, 2.45) is 0 Å². The molecule has 1 amide bonds. The van der Waals surface area contributed by atoms with Crippen molar-refractivity contribution in [3.63, 3.8) is 0 Å². The second-order valence-electron chi connectivity index (χ2n) is 7.30. The molecule has 1 aromatic heterocycles. The summed E-state index contributed by atoms with van der Waals surface area (Å²) in [5, 5.41) is 1.35. The number of ether oxygens (including phenoxy) is 1. The molecule has 0 bridgehead atoms. The number of carbonyl (C=O) groups is 1. The molecule has 0 spiro atoms. The maximum absolute atomic E-state index is 13.0. The van der Waals surface area contributed by atoms with E-state index in [-0.39, 0.29) is 24.9 Å². The number of rotatable bonds is 8. The highest BCUT2D eigenvalue weighted by atomic mass is 35.5. The summed E-state index contributed by atoms with van der Waals surface area (Å²) in [5.74, 6) is 0.513. The van der Waals surface area contributed by atoms with Crippen LogP contribution in [0.2, 0.25) is 5.02 Å². The summed E-state index contributed by atoms with van der Waals surface area (Å²) >= 11 is 7.45. The second kappa shape index (κ2) is 11.0. The molecule has 0 aliphatic heterocycles. The van der Waals surface area contributed by atoms with Gasteiger partial charge in [0.15, 0.2) is 11.7 Å². The quantitative estimate of drug-likeness (QED) is 0.447. The normalized spacial score (nSPS) is 10.9. The van der Waals surface area contributed by atoms with Crippen molar-refractivity contribution in [3.8, 4) is 5.75 Å². The van der Waals surface area contributed by atoms with Crippen LogP contribution >= 0.6 is 35.3 Å². The Morgan fingerprint density at radius 1 is 1.10 bits per heavy atom. The number of aryl methyl sites for hydroxylation is 2. The number of hydrogen-bond donors (Lipinski definition) is 0. The third-order valence-electron chi connectivity index (χ3n) is 4.77. The van der Waals surface area contributed by atoms with Gasteiger partial charge >= 0.3 is 0 Å². The molecule has 0 N–H and O–H groups in total. The van der Waals surface area contributed by atoms with Crippen molar-refractivity contribution in [1.82, 2.24) is 9.88 Å². The van der Waals surface area contributed by atoms with E-state index in [4.69, 9.17) is 21.3 Å². The minimum absolute atomic E-state index is 0. The van der Waals surface area contributed by atoms with Crippen LogP contribution in [0, 0.1) is 13.8 Å². The summed E-state index contributed by atoms with van der Waals surface area (Å²) in [6, 6.07) is 11.2. The number of carbonyl (C=O) groups excluding carboxylic acids is 1. The van der Waals surface area contributed by atoms with Crippen LogP contribution < -0.4 is 9.64 Å². The predicted octanol–water partition coefficient (Wildman–Crippen LogP) is 5.35. The molecule has 162 valence electrons. The Hall–Kier alpha value is -1.86. The topological polar surface area (TPSA) is 45.7 Å². The van der Waals surface area contributed by atoms with E-state index in [0.717, 1.165) is 33.9 Å². The molecule has 0 unspecified atom stereocenters. The molecule has 2 aromatic carbocycles. The zero-order valence-electron chi connectivity index (χ0n) is 17.6. The molecule has 30 heavy (non-hydrogen) atoms. The van der Waals surface area contributed by atoms with Gasteiger partial charge in [0.2, 0.25) is 0 Å². The molecule has 0 radical (unpaired) electrons. The number of halogens is 2. The van der Waals surface area contributed by atoms with Crippen LogP contribution in [0.4, 0.5) is 5.13 Å². The van der Waals surface area contributed by atoms with Gasteiger partial charge in [-0.15, -0.1) is 12.4 Å². The number of fused-ring (bicyclic) bond motifs is 1. The standard InChI is InChI=1S/C22H26ClN3O2S.ClH/c1-15-6-11-19-21(16(15)2)24-22(29-19)26(13-5-12-25(3)4)20(27)14-28-18-9-7-17(23)8-10-18;/h6-11H,5,12-14H2,1-4H3;1H. The fraction of sp³-hybridized carbons (Fsp3) is 0.364. The monoisotopic (exact) mass is 467 g/mol. The molecule has 8 heteroatoms. The van der Waals surface area contributed by atoms with Gasteiger partial charge in [0.1, 0.15) is 5.75 Å². The average molecular weight is 468 g/mol. The lowest BCUT2D eigenvalue weighted by Gasteiger charge is -2.21. The maximum atomic E-state index is 13.0. The van der Waals surface area contributed by atoms with E-state index in [1.807, 2.05) is 14.1 Å². The summed E-state index contributed by atoms with van der Waals surface area (Å²) in [6.07, 6.45) is 0.855. The number of aromatic nitrogens is 1. The first-order valence-corrected chi connectivity index (χ1v) is 10.7. The molecule has 0 aliphatic carbocycles. The smallest absolute Gasteiger partial charge is 0.266 e. The lowest BCUT2D eigenvalue weighted by atomic mass is 10.1. The number of thiazole rings is 1. The van der Waals surface area contributed by atoms with Crippen LogP contribution in [0.5, 0.6) is 5.75 Å². The minimum atomic E-state index is -0.105. The van der Waals surface area contributed by atoms with Crippen LogP contribution in [0.25, 0.3) is 10.2 Å². The fourth-order valence-corrected chi connectivity index (χ4v) is 4.15. The molecule has 1 heterocycles. The van der Waals surface area contributed by atoms with E-state index in [9.17, 15) is 4.79 Å². The van der Waals surface area contributed by atoms with Gasteiger partial charge in [0.05, 0.1) is 10.2 Å². The summed E-state index contributed by atoms with van der Waals surface area (Å²) in [6.45, 7) is 5.60.